The molecule has 1 aliphatic heterocycles. The lowest BCUT2D eigenvalue weighted by molar-refractivity contribution is 0.350. The number of hydrogen-bond donors (Lipinski definition) is 4. The van der Waals surface area contributed by atoms with Crippen LogP contribution in [0.5, 0.6) is 0 Å². The molecule has 0 saturated carbocycles. The SMILES string of the molecule is C=CO[Si]1(C=C)[Si](O)(O)[Si](C=C)(C=C)[Si]1(O)O. The molecule has 9 heteroatoms. The summed E-state index contributed by atoms with van der Waals surface area (Å²) in [5.74, 6) is 0. The van der Waals surface area contributed by atoms with Gasteiger partial charge in [-0.25, -0.2) is 0 Å². The summed E-state index contributed by atoms with van der Waals surface area (Å²) < 4.78 is 5.15. The maximum Gasteiger partial charge on any atom is 0.360 e. The van der Waals surface area contributed by atoms with E-state index in [9.17, 15) is 19.2 Å². The lowest BCUT2D eigenvalue weighted by atomic mass is 11.2. The molecule has 0 aliphatic carbocycles. The fourth-order valence-electron chi connectivity index (χ4n) is 2.32. The zero-order chi connectivity index (χ0) is 13.5. The second-order valence-electron chi connectivity index (χ2n) is 3.85. The van der Waals surface area contributed by atoms with E-state index in [-0.39, 0.29) is 0 Å². The molecule has 0 bridgehead atoms. The van der Waals surface area contributed by atoms with Crippen molar-refractivity contribution in [3.63, 3.8) is 0 Å². The standard InChI is InChI=1S/C8H16O5Si4/c1-5-13-15(8-4)16(9,10)14(6-2,7-3)17(15,11)12/h5-12H,1-4H2. The molecule has 1 heterocycles. The van der Waals surface area contributed by atoms with Crippen molar-refractivity contribution in [3.05, 3.63) is 49.7 Å². The molecule has 1 fully saturated rings. The summed E-state index contributed by atoms with van der Waals surface area (Å²) in [4.78, 5) is 41.4. The maximum atomic E-state index is 10.3. The minimum atomic E-state index is -3.97. The van der Waals surface area contributed by atoms with Crippen molar-refractivity contribution in [2.24, 2.45) is 0 Å². The Labute approximate surface area is 103 Å². The summed E-state index contributed by atoms with van der Waals surface area (Å²) in [5.41, 5.74) is 3.74. The summed E-state index contributed by atoms with van der Waals surface area (Å²) in [5, 5.41) is 0. The quantitative estimate of drug-likeness (QED) is 0.382. The number of hydrogen-bond acceptors (Lipinski definition) is 5. The van der Waals surface area contributed by atoms with E-state index in [4.69, 9.17) is 4.43 Å². The first kappa shape index (κ1) is 14.5. The van der Waals surface area contributed by atoms with Gasteiger partial charge in [0.15, 0.2) is 0 Å². The summed E-state index contributed by atoms with van der Waals surface area (Å²) in [6.07, 6.45) is 1.01. The monoisotopic (exact) mass is 304 g/mol. The Balaban J connectivity index is 3.50. The molecular weight excluding hydrogens is 288 g/mol. The van der Waals surface area contributed by atoms with Gasteiger partial charge < -0.3 is 23.6 Å². The zero-order valence-electron chi connectivity index (χ0n) is 9.33. The van der Waals surface area contributed by atoms with Gasteiger partial charge in [-0.05, 0) is 0 Å². The lowest BCUT2D eigenvalue weighted by Crippen LogP contribution is -3.07. The molecule has 0 aromatic rings. The van der Waals surface area contributed by atoms with Crippen LogP contribution in [0.1, 0.15) is 0 Å². The molecule has 5 nitrogen and oxygen atoms in total. The van der Waals surface area contributed by atoms with Gasteiger partial charge in [-0.3, -0.25) is 0 Å². The molecular formula is C8H16O5Si4. The van der Waals surface area contributed by atoms with E-state index in [2.05, 4.69) is 26.3 Å². The van der Waals surface area contributed by atoms with Gasteiger partial charge in [0.1, 0.15) is 0 Å². The Hall–Kier alpha value is -0.532. The topological polar surface area (TPSA) is 90.2 Å². The van der Waals surface area contributed by atoms with Crippen LogP contribution >= 0.6 is 0 Å². The third kappa shape index (κ3) is 1.19. The van der Waals surface area contributed by atoms with Crippen molar-refractivity contribution in [1.82, 2.24) is 0 Å². The van der Waals surface area contributed by atoms with Crippen molar-refractivity contribution >= 4 is 29.7 Å². The fraction of sp³-hybridized carbons (Fsp3) is 0. The predicted molar refractivity (Wildman–Crippen MR) is 73.8 cm³/mol. The van der Waals surface area contributed by atoms with Crippen molar-refractivity contribution in [2.45, 2.75) is 0 Å². The molecule has 1 aliphatic rings. The first-order chi connectivity index (χ1) is 7.74. The Morgan fingerprint density at radius 1 is 0.765 bits per heavy atom. The van der Waals surface area contributed by atoms with Crippen LogP contribution < -0.4 is 0 Å². The summed E-state index contributed by atoms with van der Waals surface area (Å²) >= 11 is 0. The maximum absolute atomic E-state index is 10.3. The minimum Gasteiger partial charge on any atom is -0.541 e. The van der Waals surface area contributed by atoms with Gasteiger partial charge in [0, 0.05) is 0 Å². The largest absolute Gasteiger partial charge is 0.541 e. The third-order valence-electron chi connectivity index (χ3n) is 3.39. The van der Waals surface area contributed by atoms with E-state index in [1.807, 2.05) is 0 Å². The molecule has 0 radical (unpaired) electrons. The Bertz CT molecular complexity index is 365. The molecule has 0 aromatic heterocycles. The average molecular weight is 305 g/mol. The van der Waals surface area contributed by atoms with Crippen LogP contribution in [-0.2, 0) is 4.43 Å². The predicted octanol–water partition coefficient (Wildman–Crippen LogP) is -1.10. The highest BCUT2D eigenvalue weighted by molar-refractivity contribution is 8.10. The molecule has 94 valence electrons. The molecule has 4 N–H and O–H groups in total. The zero-order valence-corrected chi connectivity index (χ0v) is 13.3. The number of rotatable bonds is 5. The van der Waals surface area contributed by atoms with Crippen LogP contribution in [0.3, 0.4) is 0 Å². The van der Waals surface area contributed by atoms with Crippen LogP contribution in [0, 0.1) is 0 Å². The lowest BCUT2D eigenvalue weighted by Gasteiger charge is -2.61. The summed E-state index contributed by atoms with van der Waals surface area (Å²) in [6, 6.07) is 0. The van der Waals surface area contributed by atoms with Crippen molar-refractivity contribution in [3.8, 4) is 0 Å². The van der Waals surface area contributed by atoms with Crippen molar-refractivity contribution in [2.75, 3.05) is 0 Å². The highest BCUT2D eigenvalue weighted by Gasteiger charge is 2.97. The molecule has 0 unspecified atom stereocenters. The molecule has 1 rings (SSSR count). The third-order valence-corrected chi connectivity index (χ3v) is 63.4. The van der Waals surface area contributed by atoms with E-state index >= 15 is 0 Å². The van der Waals surface area contributed by atoms with Crippen LogP contribution in [0.2, 0.25) is 0 Å². The van der Waals surface area contributed by atoms with Crippen molar-refractivity contribution in [1.29, 1.82) is 0 Å². The smallest absolute Gasteiger partial charge is 0.360 e. The van der Waals surface area contributed by atoms with Crippen LogP contribution in [0.15, 0.2) is 49.7 Å². The van der Waals surface area contributed by atoms with Crippen molar-refractivity contribution < 1.29 is 23.6 Å². The van der Waals surface area contributed by atoms with E-state index in [1.165, 1.54) is 17.1 Å². The van der Waals surface area contributed by atoms with E-state index in [0.717, 1.165) is 6.26 Å². The summed E-state index contributed by atoms with van der Waals surface area (Å²) in [7, 11) is -14.8. The van der Waals surface area contributed by atoms with Gasteiger partial charge in [-0.15, -0.1) is 19.7 Å². The summed E-state index contributed by atoms with van der Waals surface area (Å²) in [6.45, 7) is 13.8. The molecule has 0 aromatic carbocycles. The fourth-order valence-corrected chi connectivity index (χ4v) is 75.0. The highest BCUT2D eigenvalue weighted by atomic mass is 30.2. The van der Waals surface area contributed by atoms with E-state index < -0.39 is 29.7 Å². The Morgan fingerprint density at radius 3 is 1.41 bits per heavy atom. The van der Waals surface area contributed by atoms with Crippen LogP contribution in [0.25, 0.3) is 0 Å². The normalized spacial score (nSPS) is 26.1. The first-order valence-electron chi connectivity index (χ1n) is 4.83. The van der Waals surface area contributed by atoms with Gasteiger partial charge >= 0.3 is 22.5 Å². The van der Waals surface area contributed by atoms with E-state index in [1.54, 1.807) is 0 Å². The first-order valence-corrected chi connectivity index (χ1v) is 16.8. The molecule has 1 saturated heterocycles. The van der Waals surface area contributed by atoms with E-state index in [0.29, 0.717) is 0 Å². The van der Waals surface area contributed by atoms with Gasteiger partial charge in [0.25, 0.3) is 0 Å². The van der Waals surface area contributed by atoms with Crippen LogP contribution in [0.4, 0.5) is 0 Å². The molecule has 0 spiro atoms. The highest BCUT2D eigenvalue weighted by Crippen LogP contribution is 2.47. The van der Waals surface area contributed by atoms with Crippen LogP contribution in [-0.4, -0.2) is 48.8 Å². The second-order valence-corrected chi connectivity index (χ2v) is 35.0. The Kier molecular flexibility index (Phi) is 3.41. The second kappa shape index (κ2) is 3.99. The average Bonchev–Trinajstić information content (AvgIpc) is 2.26. The molecule has 17 heavy (non-hydrogen) atoms. The van der Waals surface area contributed by atoms with Gasteiger partial charge in [-0.1, -0.05) is 23.7 Å². The van der Waals surface area contributed by atoms with Gasteiger partial charge in [-0.2, -0.15) is 0 Å². The van der Waals surface area contributed by atoms with Gasteiger partial charge in [0.2, 0.25) is 7.11 Å². The minimum absolute atomic E-state index is 1.01. The molecule has 0 amide bonds. The van der Waals surface area contributed by atoms with Gasteiger partial charge in [0.05, 0.1) is 6.26 Å². The molecule has 0 atom stereocenters. The Morgan fingerprint density at radius 2 is 1.18 bits per heavy atom.